The van der Waals surface area contributed by atoms with E-state index in [9.17, 15) is 19.8 Å². The van der Waals surface area contributed by atoms with Gasteiger partial charge in [0.15, 0.2) is 6.23 Å². The van der Waals surface area contributed by atoms with E-state index in [1.165, 1.54) is 12.3 Å². The van der Waals surface area contributed by atoms with Gasteiger partial charge in [0.05, 0.1) is 6.61 Å². The van der Waals surface area contributed by atoms with Gasteiger partial charge in [-0.3, -0.25) is 13.9 Å². The van der Waals surface area contributed by atoms with E-state index in [1.54, 1.807) is 6.92 Å². The number of hydrogen-bond donors (Lipinski definition) is 3. The van der Waals surface area contributed by atoms with Crippen molar-refractivity contribution in [2.75, 3.05) is 6.61 Å². The van der Waals surface area contributed by atoms with Crippen LogP contribution in [0.1, 0.15) is 13.2 Å². The van der Waals surface area contributed by atoms with Crippen LogP contribution in [0.3, 0.4) is 0 Å². The second-order valence-corrected chi connectivity index (χ2v) is 4.32. The highest BCUT2D eigenvalue weighted by molar-refractivity contribution is 4.94. The number of rotatable bonds is 3. The first-order valence-corrected chi connectivity index (χ1v) is 5.95. The molecule has 8 nitrogen and oxygen atoms in total. The standard InChI is InChI=1S/C11H16N2O6/c1-2-12-7(15)3-4-13(11(12)18)10-9(17)8(16)6(5-14)19-10/h3-4,6,8-10,14,16-17H,2,5H2,1H3/t6-,8-,9-,10?/m1/s1. The van der Waals surface area contributed by atoms with Crippen molar-refractivity contribution in [2.45, 2.75) is 38.0 Å². The van der Waals surface area contributed by atoms with Crippen LogP contribution in [-0.4, -0.2) is 49.4 Å². The first-order chi connectivity index (χ1) is 9.01. The maximum Gasteiger partial charge on any atom is 0.333 e. The molecule has 1 saturated heterocycles. The molecule has 1 fully saturated rings. The molecule has 0 radical (unpaired) electrons. The fourth-order valence-corrected chi connectivity index (χ4v) is 2.13. The van der Waals surface area contributed by atoms with Crippen molar-refractivity contribution in [3.05, 3.63) is 33.1 Å². The Morgan fingerprint density at radius 2 is 2.00 bits per heavy atom. The van der Waals surface area contributed by atoms with Crippen LogP contribution in [0.4, 0.5) is 0 Å². The Morgan fingerprint density at radius 1 is 1.32 bits per heavy atom. The highest BCUT2D eigenvalue weighted by Crippen LogP contribution is 2.27. The maximum atomic E-state index is 12.0. The van der Waals surface area contributed by atoms with Crippen LogP contribution in [0.15, 0.2) is 21.9 Å². The van der Waals surface area contributed by atoms with E-state index in [2.05, 4.69) is 0 Å². The SMILES string of the molecule is CCn1c(=O)ccn(C2O[C@H](CO)[C@@H](O)[C@H]2O)c1=O. The second-order valence-electron chi connectivity index (χ2n) is 4.32. The van der Waals surface area contributed by atoms with E-state index in [-0.39, 0.29) is 6.54 Å². The van der Waals surface area contributed by atoms with Crippen molar-refractivity contribution < 1.29 is 20.1 Å². The molecular formula is C11H16N2O6. The molecule has 2 rings (SSSR count). The van der Waals surface area contributed by atoms with Crippen molar-refractivity contribution in [3.8, 4) is 0 Å². The summed E-state index contributed by atoms with van der Waals surface area (Å²) in [5.41, 5.74) is -1.08. The maximum absolute atomic E-state index is 12.0. The fourth-order valence-electron chi connectivity index (χ4n) is 2.13. The van der Waals surface area contributed by atoms with Crippen molar-refractivity contribution in [1.29, 1.82) is 0 Å². The number of hydrogen-bond acceptors (Lipinski definition) is 6. The molecule has 19 heavy (non-hydrogen) atoms. The molecule has 0 aliphatic carbocycles. The molecule has 0 saturated carbocycles. The van der Waals surface area contributed by atoms with Gasteiger partial charge >= 0.3 is 5.69 Å². The summed E-state index contributed by atoms with van der Waals surface area (Å²) in [5.74, 6) is 0. The lowest BCUT2D eigenvalue weighted by atomic mass is 10.1. The molecule has 0 bridgehead atoms. The van der Waals surface area contributed by atoms with Gasteiger partial charge in [0.2, 0.25) is 0 Å². The largest absolute Gasteiger partial charge is 0.394 e. The van der Waals surface area contributed by atoms with E-state index in [4.69, 9.17) is 9.84 Å². The summed E-state index contributed by atoms with van der Waals surface area (Å²) in [4.78, 5) is 23.5. The van der Waals surface area contributed by atoms with Crippen LogP contribution < -0.4 is 11.2 Å². The van der Waals surface area contributed by atoms with Gasteiger partial charge in [0.25, 0.3) is 5.56 Å². The van der Waals surface area contributed by atoms with Gasteiger partial charge in [0, 0.05) is 18.8 Å². The molecule has 3 N–H and O–H groups in total. The Labute approximate surface area is 108 Å². The van der Waals surface area contributed by atoms with E-state index in [0.717, 1.165) is 9.13 Å². The predicted molar refractivity (Wildman–Crippen MR) is 63.6 cm³/mol. The van der Waals surface area contributed by atoms with Crippen molar-refractivity contribution in [2.24, 2.45) is 0 Å². The smallest absolute Gasteiger partial charge is 0.333 e. The topological polar surface area (TPSA) is 114 Å². The van der Waals surface area contributed by atoms with Gasteiger partial charge < -0.3 is 20.1 Å². The van der Waals surface area contributed by atoms with Crippen LogP contribution >= 0.6 is 0 Å². The Hall–Kier alpha value is -1.48. The quantitative estimate of drug-likeness (QED) is 0.567. The summed E-state index contributed by atoms with van der Waals surface area (Å²) in [6.07, 6.45) is -3.52. The summed E-state index contributed by atoms with van der Waals surface area (Å²) in [5, 5.41) is 28.5. The number of ether oxygens (including phenoxy) is 1. The molecule has 1 aliphatic heterocycles. The molecule has 0 aromatic carbocycles. The number of nitrogens with zero attached hydrogens (tertiary/aromatic N) is 2. The number of aliphatic hydroxyl groups is 3. The minimum Gasteiger partial charge on any atom is -0.394 e. The minimum absolute atomic E-state index is 0.188. The molecule has 2 heterocycles. The molecule has 1 aromatic rings. The lowest BCUT2D eigenvalue weighted by Gasteiger charge is -2.18. The van der Waals surface area contributed by atoms with Gasteiger partial charge in [-0.05, 0) is 6.92 Å². The average Bonchev–Trinajstić information content (AvgIpc) is 2.67. The zero-order valence-corrected chi connectivity index (χ0v) is 10.3. The lowest BCUT2D eigenvalue weighted by molar-refractivity contribution is -0.0555. The van der Waals surface area contributed by atoms with Crippen LogP contribution in [0.5, 0.6) is 0 Å². The molecule has 4 atom stereocenters. The Balaban J connectivity index is 2.44. The van der Waals surface area contributed by atoms with Crippen LogP contribution in [0, 0.1) is 0 Å². The summed E-state index contributed by atoms with van der Waals surface area (Å²) in [6, 6.07) is 1.18. The molecule has 1 unspecified atom stereocenters. The zero-order chi connectivity index (χ0) is 14.2. The van der Waals surface area contributed by atoms with Gasteiger partial charge in [-0.15, -0.1) is 0 Å². The molecule has 0 amide bonds. The average molecular weight is 272 g/mol. The zero-order valence-electron chi connectivity index (χ0n) is 10.3. The Morgan fingerprint density at radius 3 is 2.53 bits per heavy atom. The third kappa shape index (κ3) is 2.23. The van der Waals surface area contributed by atoms with Crippen molar-refractivity contribution >= 4 is 0 Å². The number of aliphatic hydroxyl groups excluding tert-OH is 3. The monoisotopic (exact) mass is 272 g/mol. The Bertz CT molecular complexity index is 565. The predicted octanol–water partition coefficient (Wildman–Crippen LogP) is -2.36. The van der Waals surface area contributed by atoms with Gasteiger partial charge in [0.1, 0.15) is 18.3 Å². The lowest BCUT2D eigenvalue weighted by Crippen LogP contribution is -2.42. The highest BCUT2D eigenvalue weighted by atomic mass is 16.6. The van der Waals surface area contributed by atoms with Crippen molar-refractivity contribution in [3.63, 3.8) is 0 Å². The van der Waals surface area contributed by atoms with Crippen molar-refractivity contribution in [1.82, 2.24) is 9.13 Å². The van der Waals surface area contributed by atoms with Crippen LogP contribution in [0.2, 0.25) is 0 Å². The Kier molecular flexibility index (Phi) is 3.85. The molecule has 0 spiro atoms. The second kappa shape index (κ2) is 5.25. The summed E-state index contributed by atoms with van der Waals surface area (Å²) in [6.45, 7) is 1.36. The first kappa shape index (κ1) is 13.9. The molecule has 1 aliphatic rings. The van der Waals surface area contributed by atoms with Crippen LogP contribution in [0.25, 0.3) is 0 Å². The summed E-state index contributed by atoms with van der Waals surface area (Å²) >= 11 is 0. The molecular weight excluding hydrogens is 256 g/mol. The van der Waals surface area contributed by atoms with E-state index < -0.39 is 42.4 Å². The van der Waals surface area contributed by atoms with E-state index >= 15 is 0 Å². The van der Waals surface area contributed by atoms with Crippen LogP contribution in [-0.2, 0) is 11.3 Å². The van der Waals surface area contributed by atoms with Gasteiger partial charge in [-0.25, -0.2) is 4.79 Å². The molecule has 106 valence electrons. The number of aromatic nitrogens is 2. The summed E-state index contributed by atoms with van der Waals surface area (Å²) in [7, 11) is 0. The highest BCUT2D eigenvalue weighted by Gasteiger charge is 2.43. The summed E-state index contributed by atoms with van der Waals surface area (Å²) < 4.78 is 7.26. The van der Waals surface area contributed by atoms with Gasteiger partial charge in [-0.2, -0.15) is 0 Å². The van der Waals surface area contributed by atoms with E-state index in [0.29, 0.717) is 0 Å². The van der Waals surface area contributed by atoms with E-state index in [1.807, 2.05) is 0 Å². The molecule has 1 aromatic heterocycles. The first-order valence-electron chi connectivity index (χ1n) is 5.95. The van der Waals surface area contributed by atoms with Gasteiger partial charge in [-0.1, -0.05) is 0 Å². The normalized spacial score (nSPS) is 30.7. The molecule has 8 heteroatoms. The fraction of sp³-hybridized carbons (Fsp3) is 0.636. The third-order valence-corrected chi connectivity index (χ3v) is 3.20. The minimum atomic E-state index is -1.35. The third-order valence-electron chi connectivity index (χ3n) is 3.20.